The summed E-state index contributed by atoms with van der Waals surface area (Å²) in [5.41, 5.74) is 10.2. The predicted octanol–water partition coefficient (Wildman–Crippen LogP) is 11.6. The van der Waals surface area contributed by atoms with Gasteiger partial charge < -0.3 is 14.8 Å². The zero-order chi connectivity index (χ0) is 30.4. The Balaban J connectivity index is 1.26. The van der Waals surface area contributed by atoms with Crippen LogP contribution >= 0.6 is 0 Å². The largest absolute Gasteiger partial charge is 0.362 e. The lowest BCUT2D eigenvalue weighted by Gasteiger charge is -2.26. The van der Waals surface area contributed by atoms with E-state index in [1.807, 2.05) is 24.4 Å². The first-order chi connectivity index (χ1) is 22.3. The fourth-order valence-electron chi connectivity index (χ4n) is 5.88. The molecule has 0 aliphatic heterocycles. The quantitative estimate of drug-likeness (QED) is 0.172. The average molecular weight is 580 g/mol. The molecule has 0 radical (unpaired) electrons. The molecule has 0 fully saturated rings. The second-order valence-corrected chi connectivity index (χ2v) is 10.8. The van der Waals surface area contributed by atoms with Crippen LogP contribution in [0, 0.1) is 0 Å². The van der Waals surface area contributed by atoms with Crippen LogP contribution in [-0.4, -0.2) is 4.57 Å². The summed E-state index contributed by atoms with van der Waals surface area (Å²) in [6.07, 6.45) is 9.46. The second kappa shape index (κ2) is 12.7. The van der Waals surface area contributed by atoms with E-state index in [1.165, 1.54) is 32.9 Å². The van der Waals surface area contributed by atoms with Crippen molar-refractivity contribution in [2.45, 2.75) is 0 Å². The summed E-state index contributed by atoms with van der Waals surface area (Å²) in [5.74, 6) is 0. The third kappa shape index (κ3) is 5.67. The number of nitrogens with zero attached hydrogens (tertiary/aromatic N) is 2. The number of benzene rings is 6. The summed E-state index contributed by atoms with van der Waals surface area (Å²) >= 11 is 0. The van der Waals surface area contributed by atoms with E-state index in [1.54, 1.807) is 6.08 Å². The topological polar surface area (TPSA) is 20.2 Å². The first-order valence-corrected chi connectivity index (χ1v) is 15.2. The van der Waals surface area contributed by atoms with Gasteiger partial charge in [-0.2, -0.15) is 0 Å². The van der Waals surface area contributed by atoms with Gasteiger partial charge in [0.1, 0.15) is 0 Å². The van der Waals surface area contributed by atoms with Crippen molar-refractivity contribution >= 4 is 44.6 Å². The number of hydrogen-bond acceptors (Lipinski definition) is 2. The van der Waals surface area contributed by atoms with Crippen molar-refractivity contribution in [1.29, 1.82) is 0 Å². The summed E-state index contributed by atoms with van der Waals surface area (Å²) in [7, 11) is 0. The van der Waals surface area contributed by atoms with E-state index in [0.717, 1.165) is 28.4 Å². The van der Waals surface area contributed by atoms with Crippen LogP contribution in [0.3, 0.4) is 0 Å². The highest BCUT2D eigenvalue weighted by Crippen LogP contribution is 2.40. The molecule has 6 aromatic carbocycles. The van der Waals surface area contributed by atoms with Crippen molar-refractivity contribution < 1.29 is 0 Å². The van der Waals surface area contributed by atoms with Crippen molar-refractivity contribution in [3.8, 4) is 16.8 Å². The zero-order valence-electron chi connectivity index (χ0n) is 24.9. The molecule has 7 aromatic rings. The third-order valence-corrected chi connectivity index (χ3v) is 7.99. The molecule has 3 nitrogen and oxygen atoms in total. The van der Waals surface area contributed by atoms with E-state index in [2.05, 4.69) is 173 Å². The lowest BCUT2D eigenvalue weighted by molar-refractivity contribution is 1.18. The average Bonchev–Trinajstić information content (AvgIpc) is 3.43. The lowest BCUT2D eigenvalue weighted by Crippen LogP contribution is -2.10. The molecule has 45 heavy (non-hydrogen) atoms. The van der Waals surface area contributed by atoms with Gasteiger partial charge >= 0.3 is 0 Å². The molecule has 216 valence electrons. The number of fused-ring (bicyclic) bond motifs is 3. The highest BCUT2D eigenvalue weighted by molar-refractivity contribution is 6.10. The lowest BCUT2D eigenvalue weighted by atomic mass is 10.0. The van der Waals surface area contributed by atoms with Crippen LogP contribution < -0.4 is 10.2 Å². The molecule has 7 rings (SSSR count). The van der Waals surface area contributed by atoms with E-state index < -0.39 is 0 Å². The molecule has 0 atom stereocenters. The summed E-state index contributed by atoms with van der Waals surface area (Å²) < 4.78 is 2.37. The molecule has 0 saturated carbocycles. The Kier molecular flexibility index (Phi) is 7.81. The number of aromatic nitrogens is 1. The highest BCUT2D eigenvalue weighted by atomic mass is 15.1. The third-order valence-electron chi connectivity index (χ3n) is 7.99. The van der Waals surface area contributed by atoms with E-state index >= 15 is 0 Å². The van der Waals surface area contributed by atoms with Crippen LogP contribution in [0.15, 0.2) is 189 Å². The standard InChI is InChI=1S/C42H33N3/c1-2-3-4-13-30-43-34-24-20-32(21-25-34)33-22-26-37(27-23-33)44(35-14-7-5-8-15-35)38-28-29-40-39-18-11-12-19-41(39)45(42(40)31-38)36-16-9-6-10-17-36/h2-31,43H,1H2/b4-3-,30-13-. The number of anilines is 4. The van der Waals surface area contributed by atoms with Gasteiger partial charge in [0, 0.05) is 45.4 Å². The Hall–Kier alpha value is -6.06. The molecule has 1 heterocycles. The predicted molar refractivity (Wildman–Crippen MR) is 193 cm³/mol. The first-order valence-electron chi connectivity index (χ1n) is 15.2. The first kappa shape index (κ1) is 27.8. The number of para-hydroxylation sites is 3. The fraction of sp³-hybridized carbons (Fsp3) is 0. The Labute approximate surface area is 264 Å². The van der Waals surface area contributed by atoms with E-state index in [4.69, 9.17) is 0 Å². The number of hydrogen-bond donors (Lipinski definition) is 1. The van der Waals surface area contributed by atoms with Crippen molar-refractivity contribution in [3.63, 3.8) is 0 Å². The SMILES string of the molecule is C=C/C=C\C=C/Nc1ccc(-c2ccc(N(c3ccccc3)c3ccc4c5ccccc5n(-c5ccccc5)c4c3)cc2)cc1. The smallest absolute Gasteiger partial charge is 0.0561 e. The molecule has 0 spiro atoms. The Morgan fingerprint density at radius 3 is 1.84 bits per heavy atom. The maximum atomic E-state index is 3.69. The number of rotatable bonds is 9. The number of nitrogens with one attached hydrogen (secondary N) is 1. The van der Waals surface area contributed by atoms with Crippen LogP contribution in [-0.2, 0) is 0 Å². The summed E-state index contributed by atoms with van der Waals surface area (Å²) in [6.45, 7) is 3.69. The molecule has 0 aliphatic rings. The van der Waals surface area contributed by atoms with E-state index in [9.17, 15) is 0 Å². The van der Waals surface area contributed by atoms with Gasteiger partial charge in [-0.15, -0.1) is 0 Å². The van der Waals surface area contributed by atoms with Gasteiger partial charge in [0.2, 0.25) is 0 Å². The Morgan fingerprint density at radius 1 is 0.511 bits per heavy atom. The summed E-state index contributed by atoms with van der Waals surface area (Å²) in [4.78, 5) is 2.33. The molecule has 3 heteroatoms. The van der Waals surface area contributed by atoms with Crippen LogP contribution in [0.4, 0.5) is 22.7 Å². The number of allylic oxidation sites excluding steroid dienone is 4. The molecule has 0 aliphatic carbocycles. The van der Waals surface area contributed by atoms with Crippen molar-refractivity contribution in [3.05, 3.63) is 189 Å². The van der Waals surface area contributed by atoms with Crippen molar-refractivity contribution in [2.24, 2.45) is 0 Å². The van der Waals surface area contributed by atoms with Gasteiger partial charge in [0.25, 0.3) is 0 Å². The Morgan fingerprint density at radius 2 is 1.11 bits per heavy atom. The minimum atomic E-state index is 1.04. The maximum Gasteiger partial charge on any atom is 0.0561 e. The molecule has 0 bridgehead atoms. The van der Waals surface area contributed by atoms with E-state index in [-0.39, 0.29) is 0 Å². The normalized spacial score (nSPS) is 11.5. The van der Waals surface area contributed by atoms with E-state index in [0.29, 0.717) is 0 Å². The van der Waals surface area contributed by atoms with Gasteiger partial charge in [-0.05, 0) is 83.9 Å². The molecule has 0 unspecified atom stereocenters. The van der Waals surface area contributed by atoms with Gasteiger partial charge in [0.05, 0.1) is 11.0 Å². The maximum absolute atomic E-state index is 3.69. The summed E-state index contributed by atoms with van der Waals surface area (Å²) in [5, 5.41) is 5.79. The van der Waals surface area contributed by atoms with Crippen LogP contribution in [0.5, 0.6) is 0 Å². The molecule has 1 N–H and O–H groups in total. The molecule has 0 saturated heterocycles. The van der Waals surface area contributed by atoms with Gasteiger partial charge in [-0.25, -0.2) is 0 Å². The van der Waals surface area contributed by atoms with Crippen LogP contribution in [0.1, 0.15) is 0 Å². The van der Waals surface area contributed by atoms with Crippen LogP contribution in [0.25, 0.3) is 38.6 Å². The highest BCUT2D eigenvalue weighted by Gasteiger charge is 2.17. The van der Waals surface area contributed by atoms with Crippen LogP contribution in [0.2, 0.25) is 0 Å². The minimum Gasteiger partial charge on any atom is -0.362 e. The molecule has 1 aromatic heterocycles. The minimum absolute atomic E-state index is 1.04. The fourth-order valence-corrected chi connectivity index (χ4v) is 5.88. The molecular formula is C42H33N3. The van der Waals surface area contributed by atoms with Gasteiger partial charge in [0.15, 0.2) is 0 Å². The molecule has 0 amide bonds. The zero-order valence-corrected chi connectivity index (χ0v) is 24.9. The monoisotopic (exact) mass is 579 g/mol. The second-order valence-electron chi connectivity index (χ2n) is 10.8. The van der Waals surface area contributed by atoms with Crippen molar-refractivity contribution in [1.82, 2.24) is 4.57 Å². The summed E-state index contributed by atoms with van der Waals surface area (Å²) in [6, 6.07) is 54.0. The van der Waals surface area contributed by atoms with Crippen molar-refractivity contribution in [2.75, 3.05) is 10.2 Å². The Bertz CT molecular complexity index is 2120. The van der Waals surface area contributed by atoms with Gasteiger partial charge in [-0.3, -0.25) is 0 Å². The molecular weight excluding hydrogens is 546 g/mol. The van der Waals surface area contributed by atoms with Gasteiger partial charge in [-0.1, -0.05) is 110 Å².